The Labute approximate surface area is 162 Å². The summed E-state index contributed by atoms with van der Waals surface area (Å²) in [6, 6.07) is 12.0. The number of hydrogen-bond acceptors (Lipinski definition) is 3. The molecule has 3 N–H and O–H groups in total. The Kier molecular flexibility index (Phi) is 5.68. The van der Waals surface area contributed by atoms with Crippen LogP contribution in [0.4, 0.5) is 9.18 Å². The number of hydrogen-bond donors (Lipinski definition) is 2. The molecule has 0 heterocycles. The van der Waals surface area contributed by atoms with E-state index in [4.69, 9.17) is 5.73 Å². The third kappa shape index (κ3) is 4.07. The summed E-state index contributed by atoms with van der Waals surface area (Å²) in [4.78, 5) is 12.2. The minimum Gasteiger partial charge on any atom is -0.350 e. The number of carbonyl (C=O) groups excluding carboxylic acids is 1. The molecule has 0 fully saturated rings. The normalized spacial score (nSPS) is 14.6. The highest BCUT2D eigenvalue weighted by molar-refractivity contribution is 7.98. The lowest BCUT2D eigenvalue weighted by Crippen LogP contribution is -2.33. The van der Waals surface area contributed by atoms with Crippen molar-refractivity contribution < 1.29 is 14.4 Å². The molecule has 140 valence electrons. The third-order valence-corrected chi connectivity index (χ3v) is 5.45. The van der Waals surface area contributed by atoms with E-state index in [0.29, 0.717) is 11.5 Å². The van der Waals surface area contributed by atoms with Gasteiger partial charge in [0.15, 0.2) is 0 Å². The molecule has 1 aliphatic carbocycles. The van der Waals surface area contributed by atoms with E-state index in [1.54, 1.807) is 17.8 Å². The van der Waals surface area contributed by atoms with Gasteiger partial charge in [0.25, 0.3) is 0 Å². The van der Waals surface area contributed by atoms with E-state index in [2.05, 4.69) is 30.3 Å². The van der Waals surface area contributed by atoms with Crippen molar-refractivity contribution in [1.29, 1.82) is 0 Å². The first-order chi connectivity index (χ1) is 12.9. The number of allylic oxidation sites excluding steroid dienone is 2. The molecule has 0 saturated carbocycles. The molecule has 2 aromatic carbocycles. The molecule has 3 rings (SSSR count). The van der Waals surface area contributed by atoms with Crippen molar-refractivity contribution in [3.8, 4) is 0 Å². The number of halogens is 1. The summed E-state index contributed by atoms with van der Waals surface area (Å²) >= 11 is 1.69. The smallest absolute Gasteiger partial charge is 0.338 e. The maximum Gasteiger partial charge on any atom is 0.338 e. The molecule has 0 saturated heterocycles. The van der Waals surface area contributed by atoms with E-state index in [1.165, 1.54) is 17.0 Å². The van der Waals surface area contributed by atoms with Crippen LogP contribution in [0.15, 0.2) is 52.9 Å². The van der Waals surface area contributed by atoms with Crippen LogP contribution in [0.5, 0.6) is 0 Å². The predicted octanol–water partition coefficient (Wildman–Crippen LogP) is 5.04. The van der Waals surface area contributed by atoms with Crippen LogP contribution in [-0.2, 0) is 0 Å². The summed E-state index contributed by atoms with van der Waals surface area (Å²) in [7, 11) is 0. The van der Waals surface area contributed by atoms with Crippen LogP contribution in [0.2, 0.25) is 0 Å². The molecule has 1 aliphatic rings. The topological polar surface area (TPSA) is 66.6 Å². The first-order valence-corrected chi connectivity index (χ1v) is 9.75. The minimum absolute atomic E-state index is 0.0493. The van der Waals surface area contributed by atoms with Gasteiger partial charge in [0.05, 0.1) is 6.54 Å². The zero-order valence-corrected chi connectivity index (χ0v) is 16.0. The lowest BCUT2D eigenvalue weighted by Gasteiger charge is -2.13. The Bertz CT molecular complexity index is 936. The van der Waals surface area contributed by atoms with Gasteiger partial charge in [-0.15, -0.1) is 11.8 Å². The van der Waals surface area contributed by atoms with Crippen LogP contribution in [0.1, 0.15) is 30.0 Å². The van der Waals surface area contributed by atoms with E-state index in [-0.39, 0.29) is 12.4 Å². The van der Waals surface area contributed by atoms with Crippen molar-refractivity contribution in [3.63, 3.8) is 0 Å². The van der Waals surface area contributed by atoms with Gasteiger partial charge in [-0.3, -0.25) is 5.21 Å². The van der Waals surface area contributed by atoms with Crippen molar-refractivity contribution in [2.45, 2.75) is 18.2 Å². The summed E-state index contributed by atoms with van der Waals surface area (Å²) in [5.41, 5.74) is 10.8. The monoisotopic (exact) mass is 384 g/mol. The predicted molar refractivity (Wildman–Crippen MR) is 108 cm³/mol. The van der Waals surface area contributed by atoms with Gasteiger partial charge in [-0.05, 0) is 83.4 Å². The number of rotatable bonds is 5. The van der Waals surface area contributed by atoms with Gasteiger partial charge in [-0.25, -0.2) is 14.2 Å². The number of primary amides is 1. The SMILES string of the molecule is CSc1ccc(/C=C2/C(C)=C(CCN(O)C(N)=O)c3cc(F)ccc32)cc1. The van der Waals surface area contributed by atoms with Crippen molar-refractivity contribution in [2.75, 3.05) is 12.8 Å². The molecule has 27 heavy (non-hydrogen) atoms. The average molecular weight is 384 g/mol. The molecule has 0 atom stereocenters. The maximum absolute atomic E-state index is 13.8. The largest absolute Gasteiger partial charge is 0.350 e. The second kappa shape index (κ2) is 7.98. The number of carbonyl (C=O) groups is 1. The maximum atomic E-state index is 13.8. The fourth-order valence-corrected chi connectivity index (χ4v) is 3.68. The van der Waals surface area contributed by atoms with Gasteiger partial charge in [0.1, 0.15) is 5.82 Å². The van der Waals surface area contributed by atoms with Gasteiger partial charge in [0.2, 0.25) is 0 Å². The molecule has 0 aliphatic heterocycles. The number of fused-ring (bicyclic) bond motifs is 1. The van der Waals surface area contributed by atoms with Crippen molar-refractivity contribution in [2.24, 2.45) is 5.73 Å². The summed E-state index contributed by atoms with van der Waals surface area (Å²) in [5, 5.41) is 10.0. The van der Waals surface area contributed by atoms with Gasteiger partial charge in [-0.2, -0.15) is 0 Å². The fraction of sp³-hybridized carbons (Fsp3) is 0.190. The highest BCUT2D eigenvalue weighted by atomic mass is 32.2. The van der Waals surface area contributed by atoms with Crippen molar-refractivity contribution in [1.82, 2.24) is 5.06 Å². The summed E-state index contributed by atoms with van der Waals surface area (Å²) in [5.74, 6) is -0.319. The molecule has 0 radical (unpaired) electrons. The molecule has 0 bridgehead atoms. The summed E-state index contributed by atoms with van der Waals surface area (Å²) in [6.07, 6.45) is 4.49. The van der Waals surface area contributed by atoms with E-state index in [0.717, 1.165) is 33.4 Å². The molecule has 2 amide bonds. The quantitative estimate of drug-likeness (QED) is 0.431. The number of hydroxylamine groups is 2. The number of amides is 2. The number of thioether (sulfide) groups is 1. The molecule has 0 aromatic heterocycles. The standard InChI is InChI=1S/C21H21FN2O2S/c1-13-17(9-10-24(26)21(23)25)20-12-15(22)5-8-18(20)19(13)11-14-3-6-16(27-2)7-4-14/h3-8,11-12,26H,9-10H2,1-2H3,(H2,23,25)/b19-11-. The zero-order valence-electron chi connectivity index (χ0n) is 15.2. The van der Waals surface area contributed by atoms with Gasteiger partial charge in [-0.1, -0.05) is 18.2 Å². The number of nitrogens with two attached hydrogens (primary N) is 1. The second-order valence-corrected chi connectivity index (χ2v) is 7.22. The molecule has 0 unspecified atom stereocenters. The van der Waals surface area contributed by atoms with Crippen molar-refractivity contribution >= 4 is 35.0 Å². The first-order valence-electron chi connectivity index (χ1n) is 8.52. The molecule has 0 spiro atoms. The van der Waals surface area contributed by atoms with Gasteiger partial charge < -0.3 is 5.73 Å². The lowest BCUT2D eigenvalue weighted by atomic mass is 10.0. The molecular formula is C21H21FN2O2S. The molecular weight excluding hydrogens is 363 g/mol. The highest BCUT2D eigenvalue weighted by Crippen LogP contribution is 2.43. The van der Waals surface area contributed by atoms with Gasteiger partial charge in [0, 0.05) is 4.90 Å². The van der Waals surface area contributed by atoms with E-state index < -0.39 is 6.03 Å². The van der Waals surface area contributed by atoms with Crippen LogP contribution < -0.4 is 5.73 Å². The summed E-state index contributed by atoms with van der Waals surface area (Å²) in [6.45, 7) is 2.02. The van der Waals surface area contributed by atoms with Gasteiger partial charge >= 0.3 is 6.03 Å². The highest BCUT2D eigenvalue weighted by Gasteiger charge is 2.24. The van der Waals surface area contributed by atoms with Crippen LogP contribution in [-0.4, -0.2) is 29.1 Å². The zero-order chi connectivity index (χ0) is 19.6. The minimum atomic E-state index is -0.907. The molecule has 6 heteroatoms. The Morgan fingerprint density at radius 3 is 2.56 bits per heavy atom. The number of benzene rings is 2. The summed E-state index contributed by atoms with van der Waals surface area (Å²) < 4.78 is 13.8. The third-order valence-electron chi connectivity index (χ3n) is 4.71. The van der Waals surface area contributed by atoms with Crippen molar-refractivity contribution in [3.05, 3.63) is 70.5 Å². The number of nitrogens with zero attached hydrogens (tertiary/aromatic N) is 1. The van der Waals surface area contributed by atoms with Crippen LogP contribution in [0, 0.1) is 5.82 Å². The average Bonchev–Trinajstić information content (AvgIpc) is 2.91. The van der Waals surface area contributed by atoms with E-state index in [9.17, 15) is 14.4 Å². The first kappa shape index (κ1) is 19.2. The van der Waals surface area contributed by atoms with Crippen LogP contribution in [0.3, 0.4) is 0 Å². The van der Waals surface area contributed by atoms with Crippen LogP contribution in [0.25, 0.3) is 17.2 Å². The Balaban J connectivity index is 2.00. The Hall–Kier alpha value is -2.57. The van der Waals surface area contributed by atoms with Crippen LogP contribution >= 0.6 is 11.8 Å². The second-order valence-electron chi connectivity index (χ2n) is 6.34. The lowest BCUT2D eigenvalue weighted by molar-refractivity contribution is -0.0372. The fourth-order valence-electron chi connectivity index (χ4n) is 3.27. The molecule has 2 aromatic rings. The Morgan fingerprint density at radius 1 is 1.22 bits per heavy atom. The Morgan fingerprint density at radius 2 is 1.93 bits per heavy atom. The number of urea groups is 1. The molecule has 4 nitrogen and oxygen atoms in total. The van der Waals surface area contributed by atoms with E-state index >= 15 is 0 Å². The van der Waals surface area contributed by atoms with E-state index in [1.807, 2.05) is 13.2 Å².